The lowest BCUT2D eigenvalue weighted by Crippen LogP contribution is -2.31. The van der Waals surface area contributed by atoms with E-state index in [1.807, 2.05) is 19.1 Å². The van der Waals surface area contributed by atoms with Crippen LogP contribution < -0.4 is 16.2 Å². The second-order valence-electron chi connectivity index (χ2n) is 6.59. The monoisotopic (exact) mass is 459 g/mol. The largest absolute Gasteiger partial charge is 0.321 e. The van der Waals surface area contributed by atoms with Crippen LogP contribution in [0.25, 0.3) is 0 Å². The summed E-state index contributed by atoms with van der Waals surface area (Å²) >= 11 is 5.81. The van der Waals surface area contributed by atoms with E-state index in [0.29, 0.717) is 16.3 Å². The van der Waals surface area contributed by atoms with E-state index in [9.17, 15) is 18.0 Å². The Balaban J connectivity index is 1.86. The Hall–Kier alpha value is -3.50. The van der Waals surface area contributed by atoms with Crippen molar-refractivity contribution in [3.05, 3.63) is 76.6 Å². The molecule has 1 aromatic heterocycles. The van der Waals surface area contributed by atoms with Gasteiger partial charge in [-0.1, -0.05) is 29.3 Å². The summed E-state index contributed by atoms with van der Waals surface area (Å²) in [5, 5.41) is 2.60. The molecule has 3 rings (SSSR count). The summed E-state index contributed by atoms with van der Waals surface area (Å²) in [6, 6.07) is 13.2. The summed E-state index contributed by atoms with van der Waals surface area (Å²) in [4.78, 5) is 32.7. The van der Waals surface area contributed by atoms with Crippen LogP contribution in [0.1, 0.15) is 26.4 Å². The summed E-state index contributed by atoms with van der Waals surface area (Å²) in [5.41, 5.74) is 6.56. The maximum Gasteiger partial charge on any atom is 0.276 e. The van der Waals surface area contributed by atoms with Crippen molar-refractivity contribution in [2.75, 3.05) is 17.0 Å². The molecule has 0 atom stereocenters. The molecule has 0 bridgehead atoms. The van der Waals surface area contributed by atoms with Gasteiger partial charge in [0.2, 0.25) is 15.0 Å². The molecule has 0 aliphatic heterocycles. The molecule has 2 amide bonds. The van der Waals surface area contributed by atoms with Crippen molar-refractivity contribution < 1.29 is 18.0 Å². The number of nitrogens with zero attached hydrogens (tertiary/aromatic N) is 2. The summed E-state index contributed by atoms with van der Waals surface area (Å²) in [5.74, 6) is -1.19. The molecule has 1 heterocycles. The maximum absolute atomic E-state index is 12.8. The molecule has 9 nitrogen and oxygen atoms in total. The zero-order chi connectivity index (χ0) is 22.6. The highest BCUT2D eigenvalue weighted by atomic mass is 35.5. The van der Waals surface area contributed by atoms with Gasteiger partial charge in [-0.05, 0) is 43.3 Å². The molecule has 0 unspecified atom stereocenters. The SMILES string of the molecule is Cc1ccc(NC(=O)c2nc(S(C)(=O)=O)ncc2NNC(=O)c2ccc(Cl)cc2)cc1. The lowest BCUT2D eigenvalue weighted by molar-refractivity contribution is 0.0959. The number of anilines is 2. The highest BCUT2D eigenvalue weighted by molar-refractivity contribution is 7.90. The van der Waals surface area contributed by atoms with Gasteiger partial charge in [-0.2, -0.15) is 0 Å². The van der Waals surface area contributed by atoms with E-state index >= 15 is 0 Å². The molecular weight excluding hydrogens is 442 g/mol. The molecule has 0 fully saturated rings. The number of amides is 2. The van der Waals surface area contributed by atoms with Crippen LogP contribution in [0.3, 0.4) is 0 Å². The van der Waals surface area contributed by atoms with Gasteiger partial charge in [-0.3, -0.25) is 20.4 Å². The van der Waals surface area contributed by atoms with Gasteiger partial charge in [0.15, 0.2) is 5.69 Å². The summed E-state index contributed by atoms with van der Waals surface area (Å²) in [7, 11) is -3.76. The quantitative estimate of drug-likeness (QED) is 0.381. The van der Waals surface area contributed by atoms with Gasteiger partial charge in [-0.25, -0.2) is 18.4 Å². The average Bonchev–Trinajstić information content (AvgIpc) is 2.73. The van der Waals surface area contributed by atoms with Crippen LogP contribution in [0, 0.1) is 6.92 Å². The van der Waals surface area contributed by atoms with Crippen molar-refractivity contribution >= 4 is 44.6 Å². The molecule has 3 N–H and O–H groups in total. The molecule has 11 heteroatoms. The number of benzene rings is 2. The van der Waals surface area contributed by atoms with Crippen LogP contribution in [-0.4, -0.2) is 36.5 Å². The Bertz CT molecular complexity index is 1230. The maximum atomic E-state index is 12.8. The predicted octanol–water partition coefficient (Wildman–Crippen LogP) is 2.85. The first-order valence-electron chi connectivity index (χ1n) is 8.90. The third kappa shape index (κ3) is 5.77. The number of aryl methyl sites for hydroxylation is 1. The number of carbonyl (C=O) groups excluding carboxylic acids is 2. The fourth-order valence-electron chi connectivity index (χ4n) is 2.43. The van der Waals surface area contributed by atoms with Gasteiger partial charge in [0, 0.05) is 22.5 Å². The molecular formula is C20H18ClN5O4S. The molecule has 160 valence electrons. The molecule has 0 radical (unpaired) electrons. The Kier molecular flexibility index (Phi) is 6.52. The number of sulfone groups is 1. The van der Waals surface area contributed by atoms with Crippen molar-refractivity contribution in [1.29, 1.82) is 0 Å². The number of carbonyl (C=O) groups is 2. The topological polar surface area (TPSA) is 130 Å². The Morgan fingerprint density at radius 3 is 2.23 bits per heavy atom. The Labute approximate surface area is 183 Å². The highest BCUT2D eigenvalue weighted by Crippen LogP contribution is 2.17. The molecule has 31 heavy (non-hydrogen) atoms. The van der Waals surface area contributed by atoms with Gasteiger partial charge < -0.3 is 5.32 Å². The highest BCUT2D eigenvalue weighted by Gasteiger charge is 2.20. The predicted molar refractivity (Wildman–Crippen MR) is 117 cm³/mol. The summed E-state index contributed by atoms with van der Waals surface area (Å²) in [6.45, 7) is 1.90. The minimum absolute atomic E-state index is 0.0133. The number of rotatable bonds is 6. The van der Waals surface area contributed by atoms with Crippen molar-refractivity contribution in [2.45, 2.75) is 12.1 Å². The molecule has 0 aliphatic rings. The van der Waals surface area contributed by atoms with E-state index in [0.717, 1.165) is 18.0 Å². The standard InChI is InChI=1S/C20H18ClN5O4S/c1-12-3-9-15(10-4-12)23-19(28)17-16(11-22-20(24-17)31(2,29)30)25-26-18(27)13-5-7-14(21)8-6-13/h3-11,25H,1-2H3,(H,23,28)(H,26,27). The van der Waals surface area contributed by atoms with Crippen molar-refractivity contribution in [3.8, 4) is 0 Å². The van der Waals surface area contributed by atoms with Crippen LogP contribution in [0.2, 0.25) is 5.02 Å². The van der Waals surface area contributed by atoms with Gasteiger partial charge in [0.1, 0.15) is 5.69 Å². The normalized spacial score (nSPS) is 10.9. The first kappa shape index (κ1) is 22.2. The van der Waals surface area contributed by atoms with E-state index in [-0.39, 0.29) is 11.4 Å². The van der Waals surface area contributed by atoms with Gasteiger partial charge >= 0.3 is 0 Å². The molecule has 0 saturated heterocycles. The molecule has 3 aromatic rings. The fourth-order valence-corrected chi connectivity index (χ4v) is 3.06. The Morgan fingerprint density at radius 1 is 0.968 bits per heavy atom. The molecule has 2 aromatic carbocycles. The third-order valence-electron chi connectivity index (χ3n) is 4.04. The average molecular weight is 460 g/mol. The van der Waals surface area contributed by atoms with Crippen LogP contribution in [0.4, 0.5) is 11.4 Å². The van der Waals surface area contributed by atoms with Gasteiger partial charge in [0.05, 0.1) is 6.20 Å². The zero-order valence-corrected chi connectivity index (χ0v) is 18.1. The number of nitrogens with one attached hydrogen (secondary N) is 3. The minimum Gasteiger partial charge on any atom is -0.321 e. The first-order chi connectivity index (χ1) is 14.6. The van der Waals surface area contributed by atoms with Crippen molar-refractivity contribution in [1.82, 2.24) is 15.4 Å². The number of hydrogen-bond acceptors (Lipinski definition) is 7. The molecule has 0 spiro atoms. The van der Waals surface area contributed by atoms with Crippen molar-refractivity contribution in [3.63, 3.8) is 0 Å². The van der Waals surface area contributed by atoms with E-state index in [2.05, 4.69) is 26.1 Å². The molecule has 0 saturated carbocycles. The number of aromatic nitrogens is 2. The van der Waals surface area contributed by atoms with Crippen LogP contribution in [-0.2, 0) is 9.84 Å². The smallest absolute Gasteiger partial charge is 0.276 e. The third-order valence-corrected chi connectivity index (χ3v) is 5.15. The molecule has 0 aliphatic carbocycles. The second-order valence-corrected chi connectivity index (χ2v) is 8.94. The fraction of sp³-hybridized carbons (Fsp3) is 0.100. The number of hydrogen-bond donors (Lipinski definition) is 3. The van der Waals surface area contributed by atoms with Crippen LogP contribution in [0.5, 0.6) is 0 Å². The minimum atomic E-state index is -3.76. The van der Waals surface area contributed by atoms with Crippen molar-refractivity contribution in [2.24, 2.45) is 0 Å². The van der Waals surface area contributed by atoms with E-state index < -0.39 is 26.8 Å². The first-order valence-corrected chi connectivity index (χ1v) is 11.2. The second kappa shape index (κ2) is 9.11. The van der Waals surface area contributed by atoms with E-state index in [1.165, 1.54) is 12.1 Å². The van der Waals surface area contributed by atoms with Gasteiger partial charge in [0.25, 0.3) is 11.8 Å². The summed E-state index contributed by atoms with van der Waals surface area (Å²) < 4.78 is 23.7. The van der Waals surface area contributed by atoms with E-state index in [4.69, 9.17) is 11.6 Å². The van der Waals surface area contributed by atoms with Crippen LogP contribution in [0.15, 0.2) is 59.9 Å². The number of hydrazine groups is 1. The Morgan fingerprint density at radius 2 is 1.61 bits per heavy atom. The number of halogens is 1. The zero-order valence-electron chi connectivity index (χ0n) is 16.5. The van der Waals surface area contributed by atoms with Gasteiger partial charge in [-0.15, -0.1) is 0 Å². The lowest BCUT2D eigenvalue weighted by Gasteiger charge is -2.13. The lowest BCUT2D eigenvalue weighted by atomic mass is 10.2. The summed E-state index contributed by atoms with van der Waals surface area (Å²) in [6.07, 6.45) is 2.04. The van der Waals surface area contributed by atoms with Crippen LogP contribution >= 0.6 is 11.6 Å². The van der Waals surface area contributed by atoms with E-state index in [1.54, 1.807) is 24.3 Å².